The number of nitrogens with zero attached hydrogens (tertiary/aromatic N) is 3. The Kier molecular flexibility index (Phi) is 4.44. The van der Waals surface area contributed by atoms with Crippen LogP contribution in [-0.2, 0) is 9.59 Å². The van der Waals surface area contributed by atoms with Crippen molar-refractivity contribution in [3.05, 3.63) is 30.2 Å². The zero-order valence-electron chi connectivity index (χ0n) is 13.6. The van der Waals surface area contributed by atoms with E-state index in [0.29, 0.717) is 29.1 Å². The molecule has 130 valence electrons. The van der Waals surface area contributed by atoms with Gasteiger partial charge in [-0.15, -0.1) is 10.2 Å². The fourth-order valence-electron chi connectivity index (χ4n) is 2.74. The van der Waals surface area contributed by atoms with E-state index in [2.05, 4.69) is 15.5 Å². The zero-order valence-corrected chi connectivity index (χ0v) is 14.4. The number of thioether (sulfide) groups is 1. The molecule has 1 saturated carbocycles. The topological polar surface area (TPSA) is 88.3 Å². The molecule has 1 aromatic carbocycles. The van der Waals surface area contributed by atoms with Gasteiger partial charge in [0.2, 0.25) is 17.7 Å². The minimum atomic E-state index is -0.138. The Labute approximate surface area is 149 Å². The maximum absolute atomic E-state index is 12.0. The van der Waals surface area contributed by atoms with E-state index in [4.69, 9.17) is 4.42 Å². The fraction of sp³-hybridized carbons (Fsp3) is 0.412. The predicted molar refractivity (Wildman–Crippen MR) is 93.7 cm³/mol. The second-order valence-corrected chi connectivity index (χ2v) is 7.14. The summed E-state index contributed by atoms with van der Waals surface area (Å²) in [6.45, 7) is 0.758. The van der Waals surface area contributed by atoms with E-state index < -0.39 is 0 Å². The summed E-state index contributed by atoms with van der Waals surface area (Å²) < 4.78 is 5.51. The van der Waals surface area contributed by atoms with E-state index >= 15 is 0 Å². The number of carbonyl (C=O) groups excluding carboxylic acids is 2. The minimum Gasteiger partial charge on any atom is -0.416 e. The molecule has 0 radical (unpaired) electrons. The number of carbonyl (C=O) groups is 2. The van der Waals surface area contributed by atoms with Gasteiger partial charge in [-0.05, 0) is 43.5 Å². The SMILES string of the molecule is O=C(CSc1nnc(C2CC2)o1)Nc1ccc(N2CCCC2=O)cc1. The van der Waals surface area contributed by atoms with Gasteiger partial charge < -0.3 is 14.6 Å². The van der Waals surface area contributed by atoms with E-state index in [1.54, 1.807) is 17.0 Å². The van der Waals surface area contributed by atoms with Gasteiger partial charge in [-0.1, -0.05) is 11.8 Å². The molecule has 1 saturated heterocycles. The summed E-state index contributed by atoms with van der Waals surface area (Å²) in [5.41, 5.74) is 1.57. The van der Waals surface area contributed by atoms with Crippen LogP contribution in [0.3, 0.4) is 0 Å². The molecule has 2 fully saturated rings. The molecule has 25 heavy (non-hydrogen) atoms. The predicted octanol–water partition coefficient (Wildman–Crippen LogP) is 2.80. The Balaban J connectivity index is 1.28. The lowest BCUT2D eigenvalue weighted by Gasteiger charge is -2.16. The molecule has 0 unspecified atom stereocenters. The summed E-state index contributed by atoms with van der Waals surface area (Å²) in [5.74, 6) is 1.31. The van der Waals surface area contributed by atoms with Crippen LogP contribution in [0.1, 0.15) is 37.5 Å². The molecule has 8 heteroatoms. The molecule has 0 atom stereocenters. The molecule has 1 aromatic heterocycles. The van der Waals surface area contributed by atoms with Gasteiger partial charge >= 0.3 is 0 Å². The second-order valence-electron chi connectivity index (χ2n) is 6.21. The Morgan fingerprint density at radius 3 is 2.76 bits per heavy atom. The van der Waals surface area contributed by atoms with E-state index in [1.807, 2.05) is 12.1 Å². The maximum atomic E-state index is 12.0. The largest absolute Gasteiger partial charge is 0.416 e. The number of aromatic nitrogens is 2. The van der Waals surface area contributed by atoms with Crippen molar-refractivity contribution in [2.75, 3.05) is 22.5 Å². The van der Waals surface area contributed by atoms with Crippen LogP contribution >= 0.6 is 11.8 Å². The maximum Gasteiger partial charge on any atom is 0.277 e. The Morgan fingerprint density at radius 1 is 1.28 bits per heavy atom. The van der Waals surface area contributed by atoms with Crippen molar-refractivity contribution in [2.45, 2.75) is 36.8 Å². The lowest BCUT2D eigenvalue weighted by atomic mass is 10.2. The van der Waals surface area contributed by atoms with Crippen molar-refractivity contribution in [2.24, 2.45) is 0 Å². The van der Waals surface area contributed by atoms with Crippen LogP contribution < -0.4 is 10.2 Å². The molecule has 0 spiro atoms. The lowest BCUT2D eigenvalue weighted by Crippen LogP contribution is -2.23. The molecule has 1 aliphatic heterocycles. The quantitative estimate of drug-likeness (QED) is 0.799. The van der Waals surface area contributed by atoms with E-state index in [-0.39, 0.29) is 17.6 Å². The summed E-state index contributed by atoms with van der Waals surface area (Å²) in [4.78, 5) is 25.6. The summed E-state index contributed by atoms with van der Waals surface area (Å²) in [5, 5.41) is 11.2. The number of hydrogen-bond acceptors (Lipinski definition) is 6. The monoisotopic (exact) mass is 358 g/mol. The van der Waals surface area contributed by atoms with Crippen LogP contribution in [0.25, 0.3) is 0 Å². The van der Waals surface area contributed by atoms with Crippen molar-refractivity contribution in [1.82, 2.24) is 10.2 Å². The first-order valence-corrected chi connectivity index (χ1v) is 9.34. The van der Waals surface area contributed by atoms with Crippen molar-refractivity contribution in [3.63, 3.8) is 0 Å². The second kappa shape index (κ2) is 6.87. The van der Waals surface area contributed by atoms with Gasteiger partial charge in [-0.3, -0.25) is 9.59 Å². The van der Waals surface area contributed by atoms with Crippen LogP contribution in [0.2, 0.25) is 0 Å². The number of nitrogens with one attached hydrogen (secondary N) is 1. The smallest absolute Gasteiger partial charge is 0.277 e. The first kappa shape index (κ1) is 16.1. The first-order valence-electron chi connectivity index (χ1n) is 8.35. The molecule has 2 aromatic rings. The third-order valence-electron chi connectivity index (χ3n) is 4.21. The molecule has 1 N–H and O–H groups in total. The molecular formula is C17H18N4O3S. The summed E-state index contributed by atoms with van der Waals surface area (Å²) in [6, 6.07) is 7.32. The Bertz CT molecular complexity index is 785. The molecule has 4 rings (SSSR count). The Hall–Kier alpha value is -2.35. The fourth-order valence-corrected chi connectivity index (χ4v) is 3.31. The molecular weight excluding hydrogens is 340 g/mol. The standard InChI is InChI=1S/C17H18N4O3S/c22-14(10-25-17-20-19-16(24-17)11-3-4-11)18-12-5-7-13(8-6-12)21-9-1-2-15(21)23/h5-8,11H,1-4,9-10H2,(H,18,22). The molecule has 2 amide bonds. The van der Waals surface area contributed by atoms with E-state index in [1.165, 1.54) is 11.8 Å². The van der Waals surface area contributed by atoms with Crippen molar-refractivity contribution in [3.8, 4) is 0 Å². The average Bonchev–Trinajstić information content (AvgIpc) is 3.20. The number of hydrogen-bond donors (Lipinski definition) is 1. The normalized spacial score (nSPS) is 17.1. The highest BCUT2D eigenvalue weighted by atomic mass is 32.2. The van der Waals surface area contributed by atoms with Crippen LogP contribution in [0.5, 0.6) is 0 Å². The number of anilines is 2. The third kappa shape index (κ3) is 3.84. The van der Waals surface area contributed by atoms with Crippen molar-refractivity contribution >= 4 is 35.0 Å². The minimum absolute atomic E-state index is 0.138. The molecule has 7 nitrogen and oxygen atoms in total. The van der Waals surface area contributed by atoms with Gasteiger partial charge in [-0.2, -0.15) is 0 Å². The average molecular weight is 358 g/mol. The van der Waals surface area contributed by atoms with Gasteiger partial charge in [0.15, 0.2) is 0 Å². The van der Waals surface area contributed by atoms with Gasteiger partial charge in [0.1, 0.15) is 0 Å². The number of benzene rings is 1. The number of amides is 2. The molecule has 2 heterocycles. The van der Waals surface area contributed by atoms with E-state index in [9.17, 15) is 9.59 Å². The van der Waals surface area contributed by atoms with E-state index in [0.717, 1.165) is 31.5 Å². The highest BCUT2D eigenvalue weighted by Gasteiger charge is 2.29. The summed E-state index contributed by atoms with van der Waals surface area (Å²) in [7, 11) is 0. The van der Waals surface area contributed by atoms with Gasteiger partial charge in [0.05, 0.1) is 5.75 Å². The van der Waals surface area contributed by atoms with Gasteiger partial charge in [0, 0.05) is 30.3 Å². The highest BCUT2D eigenvalue weighted by Crippen LogP contribution is 2.39. The molecule has 2 aliphatic rings. The first-order chi connectivity index (χ1) is 12.2. The highest BCUT2D eigenvalue weighted by molar-refractivity contribution is 7.99. The lowest BCUT2D eigenvalue weighted by molar-refractivity contribution is -0.117. The number of rotatable bonds is 6. The Morgan fingerprint density at radius 2 is 2.08 bits per heavy atom. The van der Waals surface area contributed by atoms with Crippen molar-refractivity contribution < 1.29 is 14.0 Å². The third-order valence-corrected chi connectivity index (χ3v) is 5.03. The van der Waals surface area contributed by atoms with Crippen LogP contribution in [-0.4, -0.2) is 34.3 Å². The zero-order chi connectivity index (χ0) is 17.2. The molecule has 1 aliphatic carbocycles. The van der Waals surface area contributed by atoms with Gasteiger partial charge in [0.25, 0.3) is 5.22 Å². The van der Waals surface area contributed by atoms with Crippen LogP contribution in [0, 0.1) is 0 Å². The molecule has 0 bridgehead atoms. The van der Waals surface area contributed by atoms with Crippen LogP contribution in [0.15, 0.2) is 33.9 Å². The van der Waals surface area contributed by atoms with Crippen molar-refractivity contribution in [1.29, 1.82) is 0 Å². The summed E-state index contributed by atoms with van der Waals surface area (Å²) in [6.07, 6.45) is 3.71. The summed E-state index contributed by atoms with van der Waals surface area (Å²) >= 11 is 1.23. The van der Waals surface area contributed by atoms with Crippen LogP contribution in [0.4, 0.5) is 11.4 Å². The van der Waals surface area contributed by atoms with Gasteiger partial charge in [-0.25, -0.2) is 0 Å².